The number of carbonyl (C=O) groups excluding carboxylic acids is 2. The van der Waals surface area contributed by atoms with E-state index in [1.54, 1.807) is 12.0 Å². The molecular formula is C14H28BN3O4. The molecule has 0 aromatic heterocycles. The molecule has 0 spiro atoms. The van der Waals surface area contributed by atoms with Crippen LogP contribution in [0.1, 0.15) is 26.7 Å². The van der Waals surface area contributed by atoms with Crippen molar-refractivity contribution >= 4 is 19.3 Å². The van der Waals surface area contributed by atoms with Crippen LogP contribution in [-0.4, -0.2) is 62.6 Å². The number of aldehydes is 1. The molecule has 0 saturated carbocycles. The van der Waals surface area contributed by atoms with Crippen LogP contribution >= 0.6 is 0 Å². The topological polar surface area (TPSA) is 108 Å². The van der Waals surface area contributed by atoms with Gasteiger partial charge in [-0.3, -0.25) is 4.79 Å². The molecule has 1 unspecified atom stereocenters. The minimum Gasteiger partial charge on any atom is -0.414 e. The van der Waals surface area contributed by atoms with Gasteiger partial charge in [0.15, 0.2) is 0 Å². The van der Waals surface area contributed by atoms with Gasteiger partial charge in [-0.25, -0.2) is 0 Å². The first-order valence-electron chi connectivity index (χ1n) is 7.77. The van der Waals surface area contributed by atoms with E-state index in [4.69, 9.17) is 20.8 Å². The lowest BCUT2D eigenvalue weighted by Gasteiger charge is -2.24. The van der Waals surface area contributed by atoms with Crippen LogP contribution in [0, 0.1) is 5.92 Å². The van der Waals surface area contributed by atoms with E-state index in [0.29, 0.717) is 6.54 Å². The van der Waals surface area contributed by atoms with Gasteiger partial charge >= 0.3 is 7.12 Å². The van der Waals surface area contributed by atoms with Crippen molar-refractivity contribution in [1.82, 2.24) is 4.90 Å². The second kappa shape index (κ2) is 8.62. The third-order valence-corrected chi connectivity index (χ3v) is 4.09. The largest absolute Gasteiger partial charge is 0.456 e. The number of rotatable bonds is 9. The minimum atomic E-state index is -0.980. The van der Waals surface area contributed by atoms with E-state index in [2.05, 4.69) is 0 Å². The van der Waals surface area contributed by atoms with Crippen molar-refractivity contribution in [2.75, 3.05) is 26.7 Å². The summed E-state index contributed by atoms with van der Waals surface area (Å²) in [5.74, 6) is -0.228. The van der Waals surface area contributed by atoms with E-state index in [1.807, 2.05) is 13.8 Å². The Morgan fingerprint density at radius 3 is 2.73 bits per heavy atom. The molecule has 0 aromatic carbocycles. The first-order chi connectivity index (χ1) is 10.4. The standard InChI is InChI=1S/C14H28BN3O4/c1-11(2)22-15(21-3)6-4-5-12-8-18(13(20)7-16)9-14(12,17)10-19/h10-12H,4-9,16-17H2,1-3H3/t12?,14-/m1/s1. The lowest BCUT2D eigenvalue weighted by Crippen LogP contribution is -2.50. The first kappa shape index (κ1) is 19.1. The zero-order chi connectivity index (χ0) is 16.8. The number of amides is 1. The molecule has 0 radical (unpaired) electrons. The van der Waals surface area contributed by atoms with Crippen molar-refractivity contribution in [3.05, 3.63) is 0 Å². The third-order valence-electron chi connectivity index (χ3n) is 4.09. The van der Waals surface area contributed by atoms with Crippen molar-refractivity contribution in [3.63, 3.8) is 0 Å². The Morgan fingerprint density at radius 2 is 2.23 bits per heavy atom. The van der Waals surface area contributed by atoms with Crippen molar-refractivity contribution in [3.8, 4) is 0 Å². The molecule has 1 amide bonds. The van der Waals surface area contributed by atoms with Gasteiger partial charge in [0, 0.05) is 32.2 Å². The van der Waals surface area contributed by atoms with Crippen LogP contribution in [0.15, 0.2) is 0 Å². The van der Waals surface area contributed by atoms with Crippen LogP contribution in [0.4, 0.5) is 0 Å². The predicted octanol–water partition coefficient (Wildman–Crippen LogP) is -0.360. The minimum absolute atomic E-state index is 0.0583. The molecule has 8 heteroatoms. The summed E-state index contributed by atoms with van der Waals surface area (Å²) in [6.45, 7) is 4.57. The van der Waals surface area contributed by atoms with Crippen LogP contribution < -0.4 is 11.5 Å². The maximum absolute atomic E-state index is 11.7. The summed E-state index contributed by atoms with van der Waals surface area (Å²) in [5.41, 5.74) is 10.5. The fraction of sp³-hybridized carbons (Fsp3) is 0.857. The molecule has 126 valence electrons. The van der Waals surface area contributed by atoms with Gasteiger partial charge in [0.25, 0.3) is 0 Å². The van der Waals surface area contributed by atoms with E-state index in [-0.39, 0.29) is 38.1 Å². The second-order valence-electron chi connectivity index (χ2n) is 6.19. The molecular weight excluding hydrogens is 285 g/mol. The highest BCUT2D eigenvalue weighted by Crippen LogP contribution is 2.29. The van der Waals surface area contributed by atoms with Gasteiger partial charge in [-0.2, -0.15) is 0 Å². The Morgan fingerprint density at radius 1 is 1.55 bits per heavy atom. The highest BCUT2D eigenvalue weighted by atomic mass is 16.6. The third kappa shape index (κ3) is 5.05. The Kier molecular flexibility index (Phi) is 7.48. The van der Waals surface area contributed by atoms with Crippen molar-refractivity contribution in [2.45, 2.75) is 44.7 Å². The second-order valence-corrected chi connectivity index (χ2v) is 6.19. The fourth-order valence-electron chi connectivity index (χ4n) is 2.85. The Bertz CT molecular complexity index is 383. The number of likely N-dealkylation sites (tertiary alicyclic amines) is 1. The first-order valence-corrected chi connectivity index (χ1v) is 7.77. The monoisotopic (exact) mass is 313 g/mol. The number of hydrogen-bond acceptors (Lipinski definition) is 6. The molecule has 2 atom stereocenters. The van der Waals surface area contributed by atoms with Gasteiger partial charge in [-0.05, 0) is 26.6 Å². The Balaban J connectivity index is 2.52. The van der Waals surface area contributed by atoms with Crippen molar-refractivity contribution in [2.24, 2.45) is 17.4 Å². The summed E-state index contributed by atoms with van der Waals surface area (Å²) >= 11 is 0. The smallest absolute Gasteiger partial charge is 0.414 e. The van der Waals surface area contributed by atoms with Gasteiger partial charge in [0.05, 0.1) is 12.1 Å². The van der Waals surface area contributed by atoms with E-state index < -0.39 is 5.54 Å². The van der Waals surface area contributed by atoms with Gasteiger partial charge in [-0.15, -0.1) is 0 Å². The van der Waals surface area contributed by atoms with E-state index in [1.165, 1.54) is 0 Å². The van der Waals surface area contributed by atoms with Crippen LogP contribution in [-0.2, 0) is 18.9 Å². The van der Waals surface area contributed by atoms with Crippen molar-refractivity contribution < 1.29 is 18.9 Å². The average Bonchev–Trinajstić information content (AvgIpc) is 2.83. The van der Waals surface area contributed by atoms with Gasteiger partial charge < -0.3 is 30.5 Å². The quantitative estimate of drug-likeness (QED) is 0.444. The average molecular weight is 313 g/mol. The fourth-order valence-corrected chi connectivity index (χ4v) is 2.85. The van der Waals surface area contributed by atoms with Crippen LogP contribution in [0.3, 0.4) is 0 Å². The normalized spacial score (nSPS) is 24.8. The lowest BCUT2D eigenvalue weighted by molar-refractivity contribution is -0.129. The molecule has 1 fully saturated rings. The molecule has 0 aromatic rings. The van der Waals surface area contributed by atoms with Crippen LogP contribution in [0.2, 0.25) is 6.32 Å². The van der Waals surface area contributed by atoms with E-state index in [9.17, 15) is 9.59 Å². The molecule has 0 bridgehead atoms. The Labute approximate surface area is 132 Å². The van der Waals surface area contributed by atoms with Gasteiger partial charge in [-0.1, -0.05) is 6.42 Å². The number of nitrogens with zero attached hydrogens (tertiary/aromatic N) is 1. The van der Waals surface area contributed by atoms with E-state index in [0.717, 1.165) is 25.4 Å². The zero-order valence-electron chi connectivity index (χ0n) is 13.8. The SMILES string of the molecule is COB(CCCC1CN(C(=O)CN)C[C@@]1(N)C=O)OC(C)C. The molecule has 0 aliphatic carbocycles. The summed E-state index contributed by atoms with van der Waals surface area (Å²) < 4.78 is 10.9. The lowest BCUT2D eigenvalue weighted by atomic mass is 9.78. The summed E-state index contributed by atoms with van der Waals surface area (Å²) in [6, 6.07) is 0. The molecule has 22 heavy (non-hydrogen) atoms. The number of nitrogens with two attached hydrogens (primary N) is 2. The van der Waals surface area contributed by atoms with Crippen LogP contribution in [0.25, 0.3) is 0 Å². The van der Waals surface area contributed by atoms with Crippen molar-refractivity contribution in [1.29, 1.82) is 0 Å². The molecule has 1 saturated heterocycles. The maximum Gasteiger partial charge on any atom is 0.456 e. The zero-order valence-corrected chi connectivity index (χ0v) is 13.8. The van der Waals surface area contributed by atoms with Gasteiger partial charge in [0.1, 0.15) is 6.29 Å². The van der Waals surface area contributed by atoms with Gasteiger partial charge in [0.2, 0.25) is 5.91 Å². The predicted molar refractivity (Wildman–Crippen MR) is 85.1 cm³/mol. The Hall–Kier alpha value is -0.955. The summed E-state index contributed by atoms with van der Waals surface area (Å²) in [5, 5.41) is 0. The molecule has 1 aliphatic heterocycles. The van der Waals surface area contributed by atoms with Crippen LogP contribution in [0.5, 0.6) is 0 Å². The molecule has 4 N–H and O–H groups in total. The molecule has 7 nitrogen and oxygen atoms in total. The summed E-state index contributed by atoms with van der Waals surface area (Å²) in [4.78, 5) is 24.6. The molecule has 1 aliphatic rings. The summed E-state index contributed by atoms with van der Waals surface area (Å²) in [7, 11) is 1.36. The number of hydrogen-bond donors (Lipinski definition) is 2. The molecule has 1 rings (SSSR count). The number of carbonyl (C=O) groups is 2. The highest BCUT2D eigenvalue weighted by Gasteiger charge is 2.44. The highest BCUT2D eigenvalue weighted by molar-refractivity contribution is 6.44. The molecule has 1 heterocycles. The summed E-state index contributed by atoms with van der Waals surface area (Å²) in [6.07, 6.45) is 3.14. The maximum atomic E-state index is 11.7. The van der Waals surface area contributed by atoms with E-state index >= 15 is 0 Å².